The molecule has 1 atom stereocenters. The molecular weight excluding hydrogens is 326 g/mol. The number of carbonyl (C=O) groups excluding carboxylic acids is 1. The van der Waals surface area contributed by atoms with Crippen LogP contribution in [0.1, 0.15) is 21.7 Å². The molecule has 1 aromatic heterocycles. The minimum Gasteiger partial charge on any atom is -0.367 e. The number of ether oxygens (including phenoxy) is 1. The second kappa shape index (κ2) is 7.14. The van der Waals surface area contributed by atoms with Gasteiger partial charge in [-0.1, -0.05) is 48.0 Å². The average Bonchev–Trinajstić information content (AvgIpc) is 3.10. The molecule has 26 heavy (non-hydrogen) atoms. The minimum absolute atomic E-state index is 0.0600. The van der Waals surface area contributed by atoms with Crippen LogP contribution in [0.25, 0.3) is 11.3 Å². The number of hydrogen-bond donors (Lipinski definition) is 1. The van der Waals surface area contributed by atoms with Crippen molar-refractivity contribution in [2.75, 3.05) is 6.54 Å². The maximum absolute atomic E-state index is 12.2. The topological polar surface area (TPSA) is 56.1 Å². The van der Waals surface area contributed by atoms with E-state index in [9.17, 15) is 4.79 Å². The Morgan fingerprint density at radius 1 is 1.19 bits per heavy atom. The van der Waals surface area contributed by atoms with Crippen molar-refractivity contribution < 1.29 is 9.53 Å². The summed E-state index contributed by atoms with van der Waals surface area (Å²) in [7, 11) is 0. The Labute approximate surface area is 152 Å². The summed E-state index contributed by atoms with van der Waals surface area (Å²) in [4.78, 5) is 16.8. The van der Waals surface area contributed by atoms with Crippen molar-refractivity contribution in [2.24, 2.45) is 0 Å². The number of hydrogen-bond acceptors (Lipinski definition) is 3. The monoisotopic (exact) mass is 347 g/mol. The van der Waals surface area contributed by atoms with Crippen molar-refractivity contribution in [1.82, 2.24) is 14.9 Å². The van der Waals surface area contributed by atoms with Gasteiger partial charge in [0.1, 0.15) is 12.4 Å². The maximum atomic E-state index is 12.2. The van der Waals surface area contributed by atoms with Gasteiger partial charge in [0.15, 0.2) is 0 Å². The lowest BCUT2D eigenvalue weighted by Gasteiger charge is -2.24. The lowest BCUT2D eigenvalue weighted by atomic mass is 10.1. The summed E-state index contributed by atoms with van der Waals surface area (Å²) in [5.74, 6) is 0.845. The van der Waals surface area contributed by atoms with Gasteiger partial charge in [-0.15, -0.1) is 0 Å². The number of imidazole rings is 1. The van der Waals surface area contributed by atoms with Crippen LogP contribution in [0.4, 0.5) is 0 Å². The number of aryl methyl sites for hydroxylation is 1. The highest BCUT2D eigenvalue weighted by Gasteiger charge is 2.22. The number of nitrogens with zero attached hydrogens (tertiary/aromatic N) is 2. The molecule has 132 valence electrons. The second-order valence-corrected chi connectivity index (χ2v) is 6.57. The summed E-state index contributed by atoms with van der Waals surface area (Å²) in [6.07, 6.45) is 2.00. The molecule has 1 aliphatic rings. The van der Waals surface area contributed by atoms with Gasteiger partial charge in [-0.05, 0) is 19.1 Å². The lowest BCUT2D eigenvalue weighted by molar-refractivity contribution is 0.00327. The standard InChI is InChI=1S/C21H21N3O2/c1-15-7-9-16(10-8-15)19-13-24-12-18(26-14-20(24)23-19)11-22-21(25)17-5-3-2-4-6-17/h2-10,13,18H,11-12,14H2,1H3,(H,22,25)/t18-/m0/s1. The molecule has 2 aromatic carbocycles. The molecule has 0 bridgehead atoms. The van der Waals surface area contributed by atoms with E-state index in [2.05, 4.69) is 52.3 Å². The lowest BCUT2D eigenvalue weighted by Crippen LogP contribution is -2.38. The molecular formula is C21H21N3O2. The molecule has 5 nitrogen and oxygen atoms in total. The first-order valence-corrected chi connectivity index (χ1v) is 8.77. The van der Waals surface area contributed by atoms with Crippen molar-refractivity contribution in [2.45, 2.75) is 26.2 Å². The molecule has 3 aromatic rings. The van der Waals surface area contributed by atoms with E-state index < -0.39 is 0 Å². The van der Waals surface area contributed by atoms with Gasteiger partial charge >= 0.3 is 0 Å². The molecule has 0 saturated heterocycles. The summed E-state index contributed by atoms with van der Waals surface area (Å²) < 4.78 is 7.98. The van der Waals surface area contributed by atoms with E-state index in [1.807, 2.05) is 18.2 Å². The van der Waals surface area contributed by atoms with Crippen molar-refractivity contribution >= 4 is 5.91 Å². The van der Waals surface area contributed by atoms with E-state index in [-0.39, 0.29) is 12.0 Å². The Hall–Kier alpha value is -2.92. The molecule has 0 aliphatic carbocycles. The summed E-state index contributed by atoms with van der Waals surface area (Å²) in [6, 6.07) is 17.6. The summed E-state index contributed by atoms with van der Waals surface area (Å²) in [5, 5.41) is 2.95. The molecule has 5 heteroatoms. The highest BCUT2D eigenvalue weighted by molar-refractivity contribution is 5.94. The van der Waals surface area contributed by atoms with Crippen molar-refractivity contribution in [1.29, 1.82) is 0 Å². The summed E-state index contributed by atoms with van der Waals surface area (Å²) in [5.41, 5.74) is 3.95. The number of rotatable bonds is 4. The highest BCUT2D eigenvalue weighted by Crippen LogP contribution is 2.22. The Balaban J connectivity index is 1.40. The average molecular weight is 347 g/mol. The van der Waals surface area contributed by atoms with Gasteiger partial charge in [0, 0.05) is 23.9 Å². The SMILES string of the molecule is Cc1ccc(-c2cn3c(n2)CO[C@@H](CNC(=O)c2ccccc2)C3)cc1. The van der Waals surface area contributed by atoms with E-state index in [0.29, 0.717) is 25.3 Å². The van der Waals surface area contributed by atoms with Gasteiger partial charge in [0.25, 0.3) is 5.91 Å². The fourth-order valence-corrected chi connectivity index (χ4v) is 3.08. The molecule has 1 N–H and O–H groups in total. The molecule has 0 spiro atoms. The third-order valence-electron chi connectivity index (χ3n) is 4.58. The summed E-state index contributed by atoms with van der Waals surface area (Å²) in [6.45, 7) is 3.69. The predicted octanol–water partition coefficient (Wildman–Crippen LogP) is 3.19. The molecule has 2 heterocycles. The minimum atomic E-state index is -0.0778. The van der Waals surface area contributed by atoms with Crippen molar-refractivity contribution in [3.8, 4) is 11.3 Å². The van der Waals surface area contributed by atoms with Crippen LogP contribution in [0.5, 0.6) is 0 Å². The van der Waals surface area contributed by atoms with Crippen LogP contribution in [-0.4, -0.2) is 28.1 Å². The molecule has 1 aliphatic heterocycles. The first kappa shape index (κ1) is 16.5. The number of nitrogens with one attached hydrogen (secondary N) is 1. The van der Waals surface area contributed by atoms with E-state index >= 15 is 0 Å². The maximum Gasteiger partial charge on any atom is 0.251 e. The quantitative estimate of drug-likeness (QED) is 0.789. The Morgan fingerprint density at radius 2 is 1.96 bits per heavy atom. The number of benzene rings is 2. The van der Waals surface area contributed by atoms with Gasteiger partial charge in [-0.25, -0.2) is 4.98 Å². The van der Waals surface area contributed by atoms with Crippen LogP contribution >= 0.6 is 0 Å². The fourth-order valence-electron chi connectivity index (χ4n) is 3.08. The number of carbonyl (C=O) groups is 1. The third-order valence-corrected chi connectivity index (χ3v) is 4.58. The third kappa shape index (κ3) is 3.53. The zero-order valence-electron chi connectivity index (χ0n) is 14.7. The number of amides is 1. The Morgan fingerprint density at radius 3 is 2.73 bits per heavy atom. The van der Waals surface area contributed by atoms with Crippen molar-refractivity contribution in [3.63, 3.8) is 0 Å². The van der Waals surface area contributed by atoms with E-state index in [4.69, 9.17) is 4.74 Å². The highest BCUT2D eigenvalue weighted by atomic mass is 16.5. The van der Waals surface area contributed by atoms with Crippen LogP contribution in [0.15, 0.2) is 60.8 Å². The van der Waals surface area contributed by atoms with Crippen molar-refractivity contribution in [3.05, 3.63) is 77.7 Å². The zero-order valence-corrected chi connectivity index (χ0v) is 14.7. The number of aromatic nitrogens is 2. The van der Waals surface area contributed by atoms with Crippen LogP contribution in [0.3, 0.4) is 0 Å². The normalized spacial score (nSPS) is 16.1. The largest absolute Gasteiger partial charge is 0.367 e. The van der Waals surface area contributed by atoms with E-state index in [1.54, 1.807) is 12.1 Å². The molecule has 0 radical (unpaired) electrons. The first-order valence-electron chi connectivity index (χ1n) is 8.77. The van der Waals surface area contributed by atoms with Crippen LogP contribution in [0.2, 0.25) is 0 Å². The Bertz CT molecular complexity index is 901. The van der Waals surface area contributed by atoms with E-state index in [0.717, 1.165) is 17.1 Å². The van der Waals surface area contributed by atoms with Crippen LogP contribution in [0, 0.1) is 6.92 Å². The number of fused-ring (bicyclic) bond motifs is 1. The van der Waals surface area contributed by atoms with Gasteiger partial charge < -0.3 is 14.6 Å². The van der Waals surface area contributed by atoms with Crippen LogP contribution in [-0.2, 0) is 17.9 Å². The zero-order chi connectivity index (χ0) is 17.9. The molecule has 0 unspecified atom stereocenters. The predicted molar refractivity (Wildman–Crippen MR) is 99.8 cm³/mol. The molecule has 0 saturated carbocycles. The summed E-state index contributed by atoms with van der Waals surface area (Å²) >= 11 is 0. The first-order chi connectivity index (χ1) is 12.7. The Kier molecular flexibility index (Phi) is 4.54. The second-order valence-electron chi connectivity index (χ2n) is 6.57. The van der Waals surface area contributed by atoms with Gasteiger partial charge in [0.2, 0.25) is 0 Å². The van der Waals surface area contributed by atoms with Gasteiger partial charge in [-0.2, -0.15) is 0 Å². The molecule has 0 fully saturated rings. The van der Waals surface area contributed by atoms with Crippen LogP contribution < -0.4 is 5.32 Å². The van der Waals surface area contributed by atoms with E-state index in [1.165, 1.54) is 5.56 Å². The molecule has 1 amide bonds. The van der Waals surface area contributed by atoms with Gasteiger partial charge in [-0.3, -0.25) is 4.79 Å². The fraction of sp³-hybridized carbons (Fsp3) is 0.238. The van der Waals surface area contributed by atoms with Gasteiger partial charge in [0.05, 0.1) is 18.3 Å². The smallest absolute Gasteiger partial charge is 0.251 e. The molecule has 4 rings (SSSR count).